The third-order valence-electron chi connectivity index (χ3n) is 1.62. The Morgan fingerprint density at radius 3 is 2.29 bits per heavy atom. The molecule has 41 valence electrons. The highest BCUT2D eigenvalue weighted by molar-refractivity contribution is 4.87. The summed E-state index contributed by atoms with van der Waals surface area (Å²) in [7, 11) is 0. The maximum atomic E-state index is 8.85. The Morgan fingerprint density at radius 1 is 1.71 bits per heavy atom. The standard InChI is InChI=1S/C6H11O/c1-5(7)6-3-2-4-6/h2,5-7H,3-4H2,1H3/t5-/m1/s1. The predicted molar refractivity (Wildman–Crippen MR) is 28.7 cm³/mol. The minimum atomic E-state index is -0.0787. The summed E-state index contributed by atoms with van der Waals surface area (Å²) in [6.45, 7) is 1.86. The Labute approximate surface area is 44.4 Å². The summed E-state index contributed by atoms with van der Waals surface area (Å²) in [5, 5.41) is 8.85. The Hall–Kier alpha value is -0.0400. The van der Waals surface area contributed by atoms with Gasteiger partial charge in [0.15, 0.2) is 0 Å². The van der Waals surface area contributed by atoms with Crippen molar-refractivity contribution in [3.05, 3.63) is 6.42 Å². The van der Waals surface area contributed by atoms with Crippen LogP contribution in [0.4, 0.5) is 0 Å². The van der Waals surface area contributed by atoms with Crippen LogP contribution in [0.25, 0.3) is 0 Å². The molecule has 1 fully saturated rings. The van der Waals surface area contributed by atoms with Crippen molar-refractivity contribution in [1.82, 2.24) is 0 Å². The lowest BCUT2D eigenvalue weighted by atomic mass is 9.82. The van der Waals surface area contributed by atoms with E-state index in [2.05, 4.69) is 6.42 Å². The molecule has 1 aliphatic rings. The third kappa shape index (κ3) is 0.942. The second-order valence-electron chi connectivity index (χ2n) is 2.26. The van der Waals surface area contributed by atoms with E-state index in [9.17, 15) is 0 Å². The maximum Gasteiger partial charge on any atom is 0.0540 e. The number of hydrogen-bond acceptors (Lipinski definition) is 1. The quantitative estimate of drug-likeness (QED) is 0.519. The minimum absolute atomic E-state index is 0.0787. The molecule has 0 aromatic carbocycles. The van der Waals surface area contributed by atoms with Gasteiger partial charge in [-0.15, -0.1) is 0 Å². The van der Waals surface area contributed by atoms with Gasteiger partial charge in [-0.3, -0.25) is 0 Å². The van der Waals surface area contributed by atoms with Gasteiger partial charge in [0.05, 0.1) is 6.10 Å². The smallest absolute Gasteiger partial charge is 0.0540 e. The molecule has 1 heteroatoms. The zero-order valence-corrected chi connectivity index (χ0v) is 4.59. The highest BCUT2D eigenvalue weighted by Gasteiger charge is 2.21. The molecule has 1 N–H and O–H groups in total. The van der Waals surface area contributed by atoms with Crippen LogP contribution in [0, 0.1) is 12.3 Å². The summed E-state index contributed by atoms with van der Waals surface area (Å²) in [5.74, 6) is 0.583. The molecule has 1 aliphatic carbocycles. The molecule has 0 bridgehead atoms. The van der Waals surface area contributed by atoms with Crippen LogP contribution in [0.2, 0.25) is 0 Å². The molecule has 1 atom stereocenters. The Morgan fingerprint density at radius 2 is 2.29 bits per heavy atom. The number of rotatable bonds is 1. The summed E-state index contributed by atoms with van der Waals surface area (Å²) < 4.78 is 0. The average Bonchev–Trinajstić information content (AvgIpc) is 1.23. The first kappa shape index (κ1) is 5.10. The van der Waals surface area contributed by atoms with Crippen molar-refractivity contribution in [2.24, 2.45) is 5.92 Å². The fraction of sp³-hybridized carbons (Fsp3) is 0.833. The summed E-state index contributed by atoms with van der Waals surface area (Å²) >= 11 is 0. The highest BCUT2D eigenvalue weighted by Crippen LogP contribution is 2.27. The Kier molecular flexibility index (Phi) is 1.33. The molecule has 0 aliphatic heterocycles. The van der Waals surface area contributed by atoms with Crippen molar-refractivity contribution < 1.29 is 5.11 Å². The summed E-state index contributed by atoms with van der Waals surface area (Å²) in [6, 6.07) is 0. The summed E-state index contributed by atoms with van der Waals surface area (Å²) in [6.07, 6.45) is 4.37. The molecule has 0 amide bonds. The van der Waals surface area contributed by atoms with Gasteiger partial charge in [-0.2, -0.15) is 0 Å². The molecule has 1 radical (unpaired) electrons. The molecule has 1 rings (SSSR count). The van der Waals surface area contributed by atoms with Crippen molar-refractivity contribution in [3.63, 3.8) is 0 Å². The van der Waals surface area contributed by atoms with Crippen LogP contribution in [-0.2, 0) is 0 Å². The lowest BCUT2D eigenvalue weighted by Crippen LogP contribution is -2.23. The van der Waals surface area contributed by atoms with Gasteiger partial charge < -0.3 is 5.11 Å². The van der Waals surface area contributed by atoms with Crippen LogP contribution < -0.4 is 0 Å². The predicted octanol–water partition coefficient (Wildman–Crippen LogP) is 0.981. The first-order chi connectivity index (χ1) is 3.30. The van der Waals surface area contributed by atoms with Gasteiger partial charge in [-0.1, -0.05) is 0 Å². The molecule has 0 saturated heterocycles. The van der Waals surface area contributed by atoms with Gasteiger partial charge in [-0.25, -0.2) is 0 Å². The second kappa shape index (κ2) is 1.83. The molecule has 0 aromatic heterocycles. The van der Waals surface area contributed by atoms with Gasteiger partial charge >= 0.3 is 0 Å². The highest BCUT2D eigenvalue weighted by atomic mass is 16.3. The molecule has 0 aromatic rings. The van der Waals surface area contributed by atoms with E-state index in [1.807, 2.05) is 6.92 Å². The van der Waals surface area contributed by atoms with Crippen molar-refractivity contribution >= 4 is 0 Å². The monoisotopic (exact) mass is 99.1 g/mol. The largest absolute Gasteiger partial charge is 0.393 e. The average molecular weight is 99.2 g/mol. The fourth-order valence-corrected chi connectivity index (χ4v) is 0.753. The van der Waals surface area contributed by atoms with E-state index < -0.39 is 0 Å². The van der Waals surface area contributed by atoms with Crippen LogP contribution >= 0.6 is 0 Å². The van der Waals surface area contributed by atoms with Gasteiger partial charge in [0, 0.05) is 0 Å². The number of aliphatic hydroxyl groups is 1. The lowest BCUT2D eigenvalue weighted by molar-refractivity contribution is 0.101. The minimum Gasteiger partial charge on any atom is -0.393 e. The van der Waals surface area contributed by atoms with Gasteiger partial charge in [-0.05, 0) is 32.1 Å². The van der Waals surface area contributed by atoms with E-state index in [4.69, 9.17) is 5.11 Å². The Balaban J connectivity index is 2.14. The Bertz CT molecular complexity index is 55.2. The van der Waals surface area contributed by atoms with E-state index in [-0.39, 0.29) is 6.10 Å². The van der Waals surface area contributed by atoms with Crippen LogP contribution in [0.1, 0.15) is 19.8 Å². The molecule has 0 spiro atoms. The van der Waals surface area contributed by atoms with Crippen molar-refractivity contribution in [3.8, 4) is 0 Å². The molecule has 1 saturated carbocycles. The van der Waals surface area contributed by atoms with Gasteiger partial charge in [0.25, 0.3) is 0 Å². The van der Waals surface area contributed by atoms with Crippen LogP contribution in [0.15, 0.2) is 0 Å². The van der Waals surface area contributed by atoms with E-state index in [1.54, 1.807) is 0 Å². The zero-order chi connectivity index (χ0) is 5.28. The molecule has 7 heavy (non-hydrogen) atoms. The van der Waals surface area contributed by atoms with Crippen LogP contribution in [0.5, 0.6) is 0 Å². The van der Waals surface area contributed by atoms with Crippen molar-refractivity contribution in [2.75, 3.05) is 0 Å². The normalized spacial score (nSPS) is 26.6. The van der Waals surface area contributed by atoms with E-state index >= 15 is 0 Å². The van der Waals surface area contributed by atoms with E-state index in [1.165, 1.54) is 0 Å². The third-order valence-corrected chi connectivity index (χ3v) is 1.62. The molecule has 0 unspecified atom stereocenters. The van der Waals surface area contributed by atoms with Crippen LogP contribution in [-0.4, -0.2) is 11.2 Å². The van der Waals surface area contributed by atoms with Gasteiger partial charge in [0.1, 0.15) is 0 Å². The van der Waals surface area contributed by atoms with Gasteiger partial charge in [0.2, 0.25) is 0 Å². The zero-order valence-electron chi connectivity index (χ0n) is 4.59. The second-order valence-corrected chi connectivity index (χ2v) is 2.26. The van der Waals surface area contributed by atoms with E-state index in [0.29, 0.717) is 5.92 Å². The van der Waals surface area contributed by atoms with Crippen molar-refractivity contribution in [1.29, 1.82) is 0 Å². The van der Waals surface area contributed by atoms with Crippen LogP contribution in [0.3, 0.4) is 0 Å². The summed E-state index contributed by atoms with van der Waals surface area (Å²) in [4.78, 5) is 0. The topological polar surface area (TPSA) is 20.2 Å². The molecular formula is C6H11O. The SMILES string of the molecule is C[C@@H](O)C1C[CH]C1. The first-order valence-corrected chi connectivity index (χ1v) is 2.80. The molecular weight excluding hydrogens is 88.1 g/mol. The van der Waals surface area contributed by atoms with E-state index in [0.717, 1.165) is 12.8 Å². The molecule has 1 nitrogen and oxygen atoms in total. The maximum absolute atomic E-state index is 8.85. The number of aliphatic hydroxyl groups excluding tert-OH is 1. The van der Waals surface area contributed by atoms with Crippen molar-refractivity contribution in [2.45, 2.75) is 25.9 Å². The fourth-order valence-electron chi connectivity index (χ4n) is 0.753. The first-order valence-electron chi connectivity index (χ1n) is 2.80. The number of hydrogen-bond donors (Lipinski definition) is 1. The lowest BCUT2D eigenvalue weighted by Gasteiger charge is -2.27. The molecule has 0 heterocycles. The summed E-state index contributed by atoms with van der Waals surface area (Å²) in [5.41, 5.74) is 0.